The van der Waals surface area contributed by atoms with Gasteiger partial charge in [-0.2, -0.15) is 0 Å². The van der Waals surface area contributed by atoms with Crippen LogP contribution < -0.4 is 0 Å². The average molecular weight is 274 g/mol. The number of aromatic nitrogens is 2. The zero-order chi connectivity index (χ0) is 14.5. The van der Waals surface area contributed by atoms with Crippen molar-refractivity contribution in [3.8, 4) is 0 Å². The number of fused-ring (bicyclic) bond motifs is 1. The van der Waals surface area contributed by atoms with Gasteiger partial charge < -0.3 is 14.0 Å². The Kier molecular flexibility index (Phi) is 4.93. The lowest BCUT2D eigenvalue weighted by atomic mass is 10.3. The van der Waals surface area contributed by atoms with Gasteiger partial charge in [-0.3, -0.25) is 0 Å². The molecule has 0 atom stereocenters. The molecule has 2 aromatic rings. The third-order valence-corrected chi connectivity index (χ3v) is 2.96. The molecule has 0 saturated heterocycles. The molecule has 0 bridgehead atoms. The van der Waals surface area contributed by atoms with Crippen molar-refractivity contribution in [2.45, 2.75) is 33.6 Å². The molecule has 0 N–H and O–H groups in total. The van der Waals surface area contributed by atoms with Crippen molar-refractivity contribution in [1.29, 1.82) is 0 Å². The molecule has 0 fully saturated rings. The van der Waals surface area contributed by atoms with Crippen LogP contribution >= 0.6 is 0 Å². The van der Waals surface area contributed by atoms with E-state index >= 15 is 0 Å². The monoisotopic (exact) mass is 274 g/mol. The lowest BCUT2D eigenvalue weighted by Crippen LogP contribution is -2.15. The average Bonchev–Trinajstić information content (AvgIpc) is 2.77. The molecule has 1 heterocycles. The van der Waals surface area contributed by atoms with Crippen LogP contribution in [0.5, 0.6) is 0 Å². The number of allylic oxidation sites excluding steroid dienone is 1. The third-order valence-electron chi connectivity index (χ3n) is 2.96. The van der Waals surface area contributed by atoms with E-state index in [4.69, 9.17) is 9.47 Å². The highest BCUT2D eigenvalue weighted by molar-refractivity contribution is 5.76. The van der Waals surface area contributed by atoms with E-state index < -0.39 is 6.29 Å². The van der Waals surface area contributed by atoms with Crippen molar-refractivity contribution < 1.29 is 9.47 Å². The summed E-state index contributed by atoms with van der Waals surface area (Å²) in [5.74, 6) is 0.804. The fourth-order valence-corrected chi connectivity index (χ4v) is 2.21. The van der Waals surface area contributed by atoms with Crippen molar-refractivity contribution >= 4 is 11.0 Å². The van der Waals surface area contributed by atoms with Crippen LogP contribution in [-0.4, -0.2) is 22.8 Å². The first-order valence-corrected chi connectivity index (χ1v) is 7.00. The van der Waals surface area contributed by atoms with Crippen molar-refractivity contribution in [2.24, 2.45) is 0 Å². The van der Waals surface area contributed by atoms with E-state index in [0.717, 1.165) is 22.4 Å². The van der Waals surface area contributed by atoms with Crippen LogP contribution in [0.25, 0.3) is 11.0 Å². The molecular formula is C16H22N2O2. The van der Waals surface area contributed by atoms with Gasteiger partial charge in [0.15, 0.2) is 5.82 Å². The second kappa shape index (κ2) is 6.68. The van der Waals surface area contributed by atoms with Gasteiger partial charge in [0.2, 0.25) is 6.29 Å². The van der Waals surface area contributed by atoms with E-state index in [1.807, 2.05) is 39.0 Å². The molecule has 0 amide bonds. The number of nitrogens with zero attached hydrogens (tertiary/aromatic N) is 2. The Morgan fingerprint density at radius 2 is 1.90 bits per heavy atom. The number of para-hydroxylation sites is 2. The second-order valence-corrected chi connectivity index (χ2v) is 4.74. The molecule has 0 spiro atoms. The summed E-state index contributed by atoms with van der Waals surface area (Å²) in [6.45, 7) is 11.8. The topological polar surface area (TPSA) is 36.3 Å². The van der Waals surface area contributed by atoms with Crippen LogP contribution in [0.3, 0.4) is 0 Å². The summed E-state index contributed by atoms with van der Waals surface area (Å²) in [6.07, 6.45) is -0.434. The standard InChI is InChI=1S/C16H22N2O2/c1-5-19-16(20-6-2)15-17-13-9-7-8-10-14(13)18(15)11-12(3)4/h7-10,16H,3,5-6,11H2,1-2,4H3. The summed E-state index contributed by atoms with van der Waals surface area (Å²) in [4.78, 5) is 4.68. The Hall–Kier alpha value is -1.65. The largest absolute Gasteiger partial charge is 0.346 e. The van der Waals surface area contributed by atoms with Gasteiger partial charge in [-0.1, -0.05) is 24.3 Å². The second-order valence-electron chi connectivity index (χ2n) is 4.74. The minimum atomic E-state index is -0.434. The maximum absolute atomic E-state index is 5.69. The van der Waals surface area contributed by atoms with Crippen LogP contribution in [0.1, 0.15) is 32.9 Å². The zero-order valence-electron chi connectivity index (χ0n) is 12.4. The van der Waals surface area contributed by atoms with Gasteiger partial charge in [0.1, 0.15) is 0 Å². The van der Waals surface area contributed by atoms with Crippen molar-refractivity contribution in [3.05, 3.63) is 42.2 Å². The summed E-state index contributed by atoms with van der Waals surface area (Å²) in [5.41, 5.74) is 3.10. The molecule has 0 aliphatic rings. The summed E-state index contributed by atoms with van der Waals surface area (Å²) in [5, 5.41) is 0. The quantitative estimate of drug-likeness (QED) is 0.571. The van der Waals surface area contributed by atoms with Gasteiger partial charge in [-0.15, -0.1) is 0 Å². The molecule has 0 unspecified atom stereocenters. The minimum absolute atomic E-state index is 0.434. The smallest absolute Gasteiger partial charge is 0.217 e. The highest BCUT2D eigenvalue weighted by atomic mass is 16.7. The maximum Gasteiger partial charge on any atom is 0.217 e. The molecule has 0 radical (unpaired) electrons. The highest BCUT2D eigenvalue weighted by Crippen LogP contribution is 2.25. The van der Waals surface area contributed by atoms with E-state index in [0.29, 0.717) is 19.8 Å². The number of hydrogen-bond donors (Lipinski definition) is 0. The number of benzene rings is 1. The Morgan fingerprint density at radius 3 is 2.50 bits per heavy atom. The van der Waals surface area contributed by atoms with E-state index in [-0.39, 0.29) is 0 Å². The van der Waals surface area contributed by atoms with Gasteiger partial charge in [0, 0.05) is 19.8 Å². The molecule has 0 aliphatic carbocycles. The molecule has 108 valence electrons. The maximum atomic E-state index is 5.69. The van der Waals surface area contributed by atoms with Crippen LogP contribution in [-0.2, 0) is 16.0 Å². The SMILES string of the molecule is C=C(C)Cn1c(C(OCC)OCC)nc2ccccc21. The number of imidazole rings is 1. The summed E-state index contributed by atoms with van der Waals surface area (Å²) < 4.78 is 13.5. The van der Waals surface area contributed by atoms with Gasteiger partial charge in [-0.05, 0) is 32.9 Å². The number of hydrogen-bond acceptors (Lipinski definition) is 3. The lowest BCUT2D eigenvalue weighted by molar-refractivity contribution is -0.146. The number of rotatable bonds is 7. The van der Waals surface area contributed by atoms with Crippen LogP contribution in [0.15, 0.2) is 36.4 Å². The Balaban J connectivity index is 2.51. The third kappa shape index (κ3) is 3.08. The first-order valence-electron chi connectivity index (χ1n) is 7.00. The van der Waals surface area contributed by atoms with E-state index in [1.165, 1.54) is 0 Å². The normalized spacial score (nSPS) is 11.4. The number of ether oxygens (including phenoxy) is 2. The van der Waals surface area contributed by atoms with Gasteiger partial charge >= 0.3 is 0 Å². The molecule has 20 heavy (non-hydrogen) atoms. The van der Waals surface area contributed by atoms with Crippen LogP contribution in [0.2, 0.25) is 0 Å². The van der Waals surface area contributed by atoms with Gasteiger partial charge in [0.05, 0.1) is 11.0 Å². The van der Waals surface area contributed by atoms with E-state index in [9.17, 15) is 0 Å². The van der Waals surface area contributed by atoms with Crippen LogP contribution in [0, 0.1) is 0 Å². The predicted molar refractivity (Wildman–Crippen MR) is 80.5 cm³/mol. The molecular weight excluding hydrogens is 252 g/mol. The Morgan fingerprint density at radius 1 is 1.25 bits per heavy atom. The van der Waals surface area contributed by atoms with Gasteiger partial charge in [0.25, 0.3) is 0 Å². The minimum Gasteiger partial charge on any atom is -0.346 e. The molecule has 1 aromatic heterocycles. The summed E-state index contributed by atoms with van der Waals surface area (Å²) in [6, 6.07) is 8.06. The van der Waals surface area contributed by atoms with Crippen molar-refractivity contribution in [1.82, 2.24) is 9.55 Å². The van der Waals surface area contributed by atoms with Crippen molar-refractivity contribution in [3.63, 3.8) is 0 Å². The fourth-order valence-electron chi connectivity index (χ4n) is 2.21. The van der Waals surface area contributed by atoms with E-state index in [1.54, 1.807) is 0 Å². The zero-order valence-corrected chi connectivity index (χ0v) is 12.4. The van der Waals surface area contributed by atoms with Crippen LogP contribution in [0.4, 0.5) is 0 Å². The van der Waals surface area contributed by atoms with Gasteiger partial charge in [-0.25, -0.2) is 4.98 Å². The Labute approximate surface area is 120 Å². The first-order chi connectivity index (χ1) is 9.67. The highest BCUT2D eigenvalue weighted by Gasteiger charge is 2.20. The molecule has 0 aliphatic heterocycles. The summed E-state index contributed by atoms with van der Waals surface area (Å²) >= 11 is 0. The fraction of sp³-hybridized carbons (Fsp3) is 0.438. The van der Waals surface area contributed by atoms with E-state index in [2.05, 4.69) is 22.2 Å². The molecule has 0 saturated carbocycles. The predicted octanol–water partition coefficient (Wildman–Crippen LogP) is 3.68. The first kappa shape index (κ1) is 14.8. The van der Waals surface area contributed by atoms with Crippen molar-refractivity contribution in [2.75, 3.05) is 13.2 Å². The Bertz CT molecular complexity index is 583. The molecule has 4 heteroatoms. The molecule has 1 aromatic carbocycles. The molecule has 2 rings (SSSR count). The molecule has 4 nitrogen and oxygen atoms in total. The lowest BCUT2D eigenvalue weighted by Gasteiger charge is -2.18. The summed E-state index contributed by atoms with van der Waals surface area (Å²) in [7, 11) is 0.